The Bertz CT molecular complexity index is 905. The molecule has 0 unspecified atom stereocenters. The van der Waals surface area contributed by atoms with E-state index in [1.165, 1.54) is 15.5 Å². The molecule has 0 bridgehead atoms. The van der Waals surface area contributed by atoms with Crippen LogP contribution in [-0.2, 0) is 4.79 Å². The highest BCUT2D eigenvalue weighted by atomic mass is 16.2. The van der Waals surface area contributed by atoms with Crippen molar-refractivity contribution in [2.45, 2.75) is 12.0 Å². The highest BCUT2D eigenvalue weighted by molar-refractivity contribution is 6.04. The molecule has 7 nitrogen and oxygen atoms in total. The van der Waals surface area contributed by atoms with Gasteiger partial charge < -0.3 is 10.6 Å². The molecule has 127 valence electrons. The zero-order valence-corrected chi connectivity index (χ0v) is 13.5. The van der Waals surface area contributed by atoms with E-state index in [-0.39, 0.29) is 18.1 Å². The van der Waals surface area contributed by atoms with Crippen LogP contribution in [-0.4, -0.2) is 40.0 Å². The topological polar surface area (TPSA) is 88.6 Å². The Morgan fingerprint density at radius 1 is 1.04 bits per heavy atom. The number of benzene rings is 1. The lowest BCUT2D eigenvalue weighted by molar-refractivity contribution is -0.124. The first-order chi connectivity index (χ1) is 12.0. The minimum atomic E-state index is -1.02. The molecule has 0 aliphatic carbocycles. The van der Waals surface area contributed by atoms with E-state index in [0.29, 0.717) is 24.3 Å². The first-order valence-electron chi connectivity index (χ1n) is 8.04. The second kappa shape index (κ2) is 5.47. The summed E-state index contributed by atoms with van der Waals surface area (Å²) in [5.74, 6) is -0.506. The van der Waals surface area contributed by atoms with Crippen LogP contribution in [0, 0.1) is 6.42 Å². The molecule has 2 fully saturated rings. The van der Waals surface area contributed by atoms with Gasteiger partial charge in [0.25, 0.3) is 5.56 Å². The first kappa shape index (κ1) is 15.4. The summed E-state index contributed by atoms with van der Waals surface area (Å²) in [6.45, 7) is 0.710. The van der Waals surface area contributed by atoms with E-state index in [1.807, 2.05) is 6.42 Å². The Balaban J connectivity index is 1.65. The van der Waals surface area contributed by atoms with Crippen LogP contribution >= 0.6 is 0 Å². The van der Waals surface area contributed by atoms with Crippen molar-refractivity contribution in [3.63, 3.8) is 0 Å². The minimum Gasteiger partial charge on any atom is -0.368 e. The molecule has 3 heterocycles. The Morgan fingerprint density at radius 3 is 2.40 bits per heavy atom. The highest BCUT2D eigenvalue weighted by Crippen LogP contribution is 2.38. The van der Waals surface area contributed by atoms with E-state index < -0.39 is 11.4 Å². The molecule has 0 spiro atoms. The summed E-state index contributed by atoms with van der Waals surface area (Å²) in [5.41, 5.74) is 5.79. The number of primary amides is 1. The van der Waals surface area contributed by atoms with Crippen molar-refractivity contribution >= 4 is 17.6 Å². The molecule has 1 atom stereocenters. The summed E-state index contributed by atoms with van der Waals surface area (Å²) in [5, 5.41) is 0. The van der Waals surface area contributed by atoms with Crippen LogP contribution in [0.15, 0.2) is 53.5 Å². The average molecular weight is 337 g/mol. The first-order valence-corrected chi connectivity index (χ1v) is 8.04. The third-order valence-electron chi connectivity index (χ3n) is 4.87. The van der Waals surface area contributed by atoms with Gasteiger partial charge in [0.2, 0.25) is 5.91 Å². The lowest BCUT2D eigenvalue weighted by atomic mass is 9.96. The van der Waals surface area contributed by atoms with E-state index in [2.05, 4.69) is 0 Å². The number of urea groups is 1. The normalized spacial score (nSPS) is 22.3. The Labute approximate surface area is 144 Å². The van der Waals surface area contributed by atoms with Gasteiger partial charge in [0.05, 0.1) is 6.54 Å². The summed E-state index contributed by atoms with van der Waals surface area (Å²) >= 11 is 0. The number of aromatic nitrogens is 1. The maximum atomic E-state index is 12.7. The number of anilines is 1. The lowest BCUT2D eigenvalue weighted by Gasteiger charge is -2.25. The Kier molecular flexibility index (Phi) is 3.38. The minimum absolute atomic E-state index is 0.129. The molecule has 2 aliphatic rings. The molecular weight excluding hydrogens is 320 g/mol. The highest BCUT2D eigenvalue weighted by Gasteiger charge is 2.56. The van der Waals surface area contributed by atoms with E-state index in [1.54, 1.807) is 47.5 Å². The van der Waals surface area contributed by atoms with E-state index >= 15 is 0 Å². The average Bonchev–Trinajstić information content (AvgIpc) is 3.15. The summed E-state index contributed by atoms with van der Waals surface area (Å²) in [6.07, 6.45) is 4.18. The predicted octanol–water partition coefficient (Wildman–Crippen LogP) is 0.912. The van der Waals surface area contributed by atoms with Crippen LogP contribution in [0.2, 0.25) is 0 Å². The van der Waals surface area contributed by atoms with Gasteiger partial charge >= 0.3 is 6.03 Å². The Hall–Kier alpha value is -3.09. The maximum absolute atomic E-state index is 12.7. The van der Waals surface area contributed by atoms with Gasteiger partial charge in [-0.3, -0.25) is 19.1 Å². The molecular formula is C18H17N4O3. The number of carbonyl (C=O) groups is 2. The second-order valence-corrected chi connectivity index (χ2v) is 6.23. The smallest absolute Gasteiger partial charge is 0.325 e. The largest absolute Gasteiger partial charge is 0.368 e. The lowest BCUT2D eigenvalue weighted by Crippen LogP contribution is -2.53. The third-order valence-corrected chi connectivity index (χ3v) is 4.87. The summed E-state index contributed by atoms with van der Waals surface area (Å²) in [6, 6.07) is 11.8. The van der Waals surface area contributed by atoms with Crippen LogP contribution in [0.25, 0.3) is 5.69 Å². The molecule has 0 saturated carbocycles. The van der Waals surface area contributed by atoms with Crippen LogP contribution in [0.1, 0.15) is 6.42 Å². The zero-order chi connectivity index (χ0) is 17.6. The fourth-order valence-corrected chi connectivity index (χ4v) is 3.56. The summed E-state index contributed by atoms with van der Waals surface area (Å²) in [7, 11) is 0. The van der Waals surface area contributed by atoms with Crippen molar-refractivity contribution in [3.05, 3.63) is 65.4 Å². The number of fused-ring (bicyclic) bond motifs is 1. The predicted molar refractivity (Wildman–Crippen MR) is 92.3 cm³/mol. The molecule has 7 heteroatoms. The number of hydrogen-bond acceptors (Lipinski definition) is 3. The molecule has 25 heavy (non-hydrogen) atoms. The molecule has 3 amide bonds. The van der Waals surface area contributed by atoms with Crippen LogP contribution in [0.3, 0.4) is 0 Å². The molecule has 1 radical (unpaired) electrons. The molecule has 1 aromatic heterocycles. The van der Waals surface area contributed by atoms with Gasteiger partial charge in [-0.15, -0.1) is 0 Å². The monoisotopic (exact) mass is 337 g/mol. The van der Waals surface area contributed by atoms with E-state index in [0.717, 1.165) is 0 Å². The van der Waals surface area contributed by atoms with Crippen molar-refractivity contribution < 1.29 is 9.59 Å². The maximum Gasteiger partial charge on any atom is 0.325 e. The number of hydrogen-bond donors (Lipinski definition) is 1. The molecule has 2 aliphatic heterocycles. The third kappa shape index (κ3) is 2.23. The molecule has 4 rings (SSSR count). The van der Waals surface area contributed by atoms with Crippen molar-refractivity contribution in [2.24, 2.45) is 5.73 Å². The second-order valence-electron chi connectivity index (χ2n) is 6.23. The van der Waals surface area contributed by atoms with Crippen molar-refractivity contribution in [1.29, 1.82) is 0 Å². The molecule has 2 saturated heterocycles. The number of amides is 3. The van der Waals surface area contributed by atoms with Gasteiger partial charge in [0, 0.05) is 36.6 Å². The van der Waals surface area contributed by atoms with E-state index in [9.17, 15) is 14.4 Å². The van der Waals surface area contributed by atoms with Gasteiger partial charge in [0.15, 0.2) is 0 Å². The van der Waals surface area contributed by atoms with Crippen LogP contribution < -0.4 is 16.2 Å². The Morgan fingerprint density at radius 2 is 1.76 bits per heavy atom. The number of nitrogens with two attached hydrogens (primary N) is 1. The summed E-state index contributed by atoms with van der Waals surface area (Å²) in [4.78, 5) is 39.6. The molecule has 1 aromatic carbocycles. The van der Waals surface area contributed by atoms with Crippen LogP contribution in [0.5, 0.6) is 0 Å². The van der Waals surface area contributed by atoms with Gasteiger partial charge in [-0.05, 0) is 36.8 Å². The number of rotatable bonds is 3. The van der Waals surface area contributed by atoms with Gasteiger partial charge in [-0.25, -0.2) is 4.79 Å². The summed E-state index contributed by atoms with van der Waals surface area (Å²) < 4.78 is 1.52. The number of pyridine rings is 1. The van der Waals surface area contributed by atoms with Crippen molar-refractivity contribution in [3.8, 4) is 5.69 Å². The fourth-order valence-electron chi connectivity index (χ4n) is 3.56. The van der Waals surface area contributed by atoms with Gasteiger partial charge in [-0.2, -0.15) is 0 Å². The number of carbonyl (C=O) groups excluding carboxylic acids is 2. The SMILES string of the molecule is NC(=O)[C@]12[CH]CCN1C(=O)N(c1ccc(-n3ccccc3=O)cc1)C2. The molecule has 2 N–H and O–H groups in total. The van der Waals surface area contributed by atoms with Crippen LogP contribution in [0.4, 0.5) is 10.5 Å². The van der Waals surface area contributed by atoms with Gasteiger partial charge in [0.1, 0.15) is 5.54 Å². The van der Waals surface area contributed by atoms with Gasteiger partial charge in [-0.1, -0.05) is 6.07 Å². The quantitative estimate of drug-likeness (QED) is 0.903. The standard InChI is InChI=1S/C18H17N4O3/c19-16(24)18-9-3-11-22(18)17(25)21(12-18)14-7-5-13(6-8-14)20-10-2-1-4-15(20)23/h1-2,4-10H,3,11-12H2,(H2,19,24)/t18-/m1/s1. The zero-order valence-electron chi connectivity index (χ0n) is 13.5. The fraction of sp³-hybridized carbons (Fsp3) is 0.222. The number of nitrogens with zero attached hydrogens (tertiary/aromatic N) is 3. The van der Waals surface area contributed by atoms with Crippen molar-refractivity contribution in [2.75, 3.05) is 18.0 Å². The molecule has 2 aromatic rings. The van der Waals surface area contributed by atoms with Crippen molar-refractivity contribution in [1.82, 2.24) is 9.47 Å². The van der Waals surface area contributed by atoms with E-state index in [4.69, 9.17) is 5.73 Å².